The minimum absolute atomic E-state index is 0.0148. The predicted octanol–water partition coefficient (Wildman–Crippen LogP) is 1.56. The topological polar surface area (TPSA) is 49.7 Å². The lowest BCUT2D eigenvalue weighted by Gasteiger charge is -2.14. The van der Waals surface area contributed by atoms with Crippen molar-refractivity contribution in [2.75, 3.05) is 11.4 Å². The van der Waals surface area contributed by atoms with Crippen molar-refractivity contribution in [3.8, 4) is 0 Å². The van der Waals surface area contributed by atoms with Crippen molar-refractivity contribution in [1.82, 2.24) is 0 Å². The van der Waals surface area contributed by atoms with Crippen molar-refractivity contribution in [3.63, 3.8) is 0 Å². The lowest BCUT2D eigenvalue weighted by Crippen LogP contribution is -2.25. The Balaban J connectivity index is 2.46. The Labute approximate surface area is 87.2 Å². The van der Waals surface area contributed by atoms with Crippen LogP contribution in [0.25, 0.3) is 0 Å². The van der Waals surface area contributed by atoms with Gasteiger partial charge in [-0.15, -0.1) is 0 Å². The molecule has 1 aromatic carbocycles. The van der Waals surface area contributed by atoms with E-state index in [1.807, 2.05) is 6.07 Å². The van der Waals surface area contributed by atoms with E-state index in [9.17, 15) is 9.59 Å². The highest BCUT2D eigenvalue weighted by Gasteiger charge is 2.21. The Hall–Kier alpha value is -1.93. The van der Waals surface area contributed by atoms with Gasteiger partial charge in [-0.3, -0.25) is 4.79 Å². The molecule has 0 bridgehead atoms. The molecule has 4 nitrogen and oxygen atoms in total. The number of nitrogens with zero attached hydrogens (tertiary/aromatic N) is 2. The van der Waals surface area contributed by atoms with Crippen molar-refractivity contribution >= 4 is 23.4 Å². The van der Waals surface area contributed by atoms with Crippen LogP contribution in [0.5, 0.6) is 0 Å². The molecule has 2 rings (SSSR count). The maximum Gasteiger partial charge on any atom is 0.240 e. The molecule has 0 unspecified atom stereocenters. The van der Waals surface area contributed by atoms with E-state index in [-0.39, 0.29) is 5.91 Å². The lowest BCUT2D eigenvalue weighted by molar-refractivity contribution is -0.116. The molecular weight excluding hydrogens is 192 g/mol. The molecule has 0 spiro atoms. The summed E-state index contributed by atoms with van der Waals surface area (Å²) in [5.41, 5.74) is 2.52. The third kappa shape index (κ3) is 1.67. The van der Waals surface area contributed by atoms with Crippen molar-refractivity contribution in [3.05, 3.63) is 23.8 Å². The van der Waals surface area contributed by atoms with E-state index in [2.05, 4.69) is 4.99 Å². The van der Waals surface area contributed by atoms with Gasteiger partial charge in [0.05, 0.1) is 5.69 Å². The maximum atomic E-state index is 11.3. The van der Waals surface area contributed by atoms with Gasteiger partial charge in [-0.25, -0.2) is 4.79 Å². The molecule has 0 atom stereocenters. The Kier molecular flexibility index (Phi) is 2.35. The van der Waals surface area contributed by atoms with Crippen LogP contribution in [0.3, 0.4) is 0 Å². The van der Waals surface area contributed by atoms with Gasteiger partial charge in [0.25, 0.3) is 0 Å². The average Bonchev–Trinajstić information content (AvgIpc) is 2.61. The molecule has 1 amide bonds. The smallest absolute Gasteiger partial charge is 0.240 e. The van der Waals surface area contributed by atoms with Crippen LogP contribution in [0.15, 0.2) is 23.2 Å². The van der Waals surface area contributed by atoms with E-state index in [4.69, 9.17) is 0 Å². The van der Waals surface area contributed by atoms with E-state index in [0.717, 1.165) is 17.7 Å². The van der Waals surface area contributed by atoms with Gasteiger partial charge in [0, 0.05) is 19.2 Å². The summed E-state index contributed by atoms with van der Waals surface area (Å²) in [5.74, 6) is 0.0148. The zero-order valence-corrected chi connectivity index (χ0v) is 8.36. The molecule has 15 heavy (non-hydrogen) atoms. The Bertz CT molecular complexity index is 462. The first-order valence-electron chi connectivity index (χ1n) is 4.71. The highest BCUT2D eigenvalue weighted by Crippen LogP contribution is 2.31. The molecule has 1 aromatic rings. The van der Waals surface area contributed by atoms with E-state index >= 15 is 0 Å². The van der Waals surface area contributed by atoms with Crippen molar-refractivity contribution < 1.29 is 9.59 Å². The van der Waals surface area contributed by atoms with Gasteiger partial charge in [0.15, 0.2) is 0 Å². The summed E-state index contributed by atoms with van der Waals surface area (Å²) in [4.78, 5) is 26.6. The van der Waals surface area contributed by atoms with Gasteiger partial charge in [0.1, 0.15) is 0 Å². The fourth-order valence-corrected chi connectivity index (χ4v) is 1.82. The third-order valence-electron chi connectivity index (χ3n) is 2.52. The van der Waals surface area contributed by atoms with Crippen LogP contribution in [-0.2, 0) is 16.0 Å². The summed E-state index contributed by atoms with van der Waals surface area (Å²) in [6, 6.07) is 5.40. The van der Waals surface area contributed by atoms with Gasteiger partial charge >= 0.3 is 0 Å². The quantitative estimate of drug-likeness (QED) is 0.512. The van der Waals surface area contributed by atoms with Crippen molar-refractivity contribution in [2.24, 2.45) is 4.99 Å². The van der Waals surface area contributed by atoms with E-state index in [1.54, 1.807) is 17.0 Å². The van der Waals surface area contributed by atoms with Crippen LogP contribution in [0, 0.1) is 0 Å². The SMILES string of the molecule is CC(=O)N1CCc2ccc(N=C=O)cc21. The summed E-state index contributed by atoms with van der Waals surface area (Å²) in [6.45, 7) is 2.24. The van der Waals surface area contributed by atoms with Crippen molar-refractivity contribution in [2.45, 2.75) is 13.3 Å². The van der Waals surface area contributed by atoms with Gasteiger partial charge in [-0.05, 0) is 24.1 Å². The lowest BCUT2D eigenvalue weighted by atomic mass is 10.1. The molecule has 1 aliphatic heterocycles. The molecule has 1 heterocycles. The van der Waals surface area contributed by atoms with Crippen LogP contribution in [-0.4, -0.2) is 18.5 Å². The molecule has 4 heteroatoms. The second-order valence-corrected chi connectivity index (χ2v) is 3.44. The molecule has 0 radical (unpaired) electrons. The van der Waals surface area contributed by atoms with Gasteiger partial charge in [0.2, 0.25) is 12.0 Å². The largest absolute Gasteiger partial charge is 0.312 e. The number of hydrogen-bond donors (Lipinski definition) is 0. The van der Waals surface area contributed by atoms with Crippen LogP contribution in [0.1, 0.15) is 12.5 Å². The number of carbonyl (C=O) groups is 1. The molecule has 0 aromatic heterocycles. The molecule has 0 saturated carbocycles. The predicted molar refractivity (Wildman–Crippen MR) is 56.0 cm³/mol. The normalized spacial score (nSPS) is 13.3. The number of rotatable bonds is 1. The highest BCUT2D eigenvalue weighted by molar-refractivity contribution is 5.94. The maximum absolute atomic E-state index is 11.3. The summed E-state index contributed by atoms with van der Waals surface area (Å²) < 4.78 is 0. The molecule has 1 aliphatic rings. The van der Waals surface area contributed by atoms with Crippen LogP contribution in [0.2, 0.25) is 0 Å². The second kappa shape index (κ2) is 3.67. The molecule has 0 saturated heterocycles. The van der Waals surface area contributed by atoms with Crippen molar-refractivity contribution in [1.29, 1.82) is 0 Å². The molecule has 76 valence electrons. The molecular formula is C11H10N2O2. The highest BCUT2D eigenvalue weighted by atomic mass is 16.2. The zero-order chi connectivity index (χ0) is 10.8. The third-order valence-corrected chi connectivity index (χ3v) is 2.52. The Morgan fingerprint density at radius 1 is 1.53 bits per heavy atom. The van der Waals surface area contributed by atoms with Crippen LogP contribution < -0.4 is 4.90 Å². The van der Waals surface area contributed by atoms with E-state index < -0.39 is 0 Å². The average molecular weight is 202 g/mol. The monoisotopic (exact) mass is 202 g/mol. The first-order chi connectivity index (χ1) is 7.22. The van der Waals surface area contributed by atoms with Gasteiger partial charge < -0.3 is 4.90 Å². The first kappa shape index (κ1) is 9.62. The number of anilines is 1. The summed E-state index contributed by atoms with van der Waals surface area (Å²) in [6.07, 6.45) is 2.35. The number of hydrogen-bond acceptors (Lipinski definition) is 3. The molecule has 0 aliphatic carbocycles. The number of amides is 1. The number of benzene rings is 1. The fourth-order valence-electron chi connectivity index (χ4n) is 1.82. The van der Waals surface area contributed by atoms with Gasteiger partial charge in [-0.2, -0.15) is 4.99 Å². The Morgan fingerprint density at radius 3 is 3.00 bits per heavy atom. The van der Waals surface area contributed by atoms with Crippen LogP contribution >= 0.6 is 0 Å². The minimum Gasteiger partial charge on any atom is -0.312 e. The second-order valence-electron chi connectivity index (χ2n) is 3.44. The molecule has 0 fully saturated rings. The fraction of sp³-hybridized carbons (Fsp3) is 0.273. The number of carbonyl (C=O) groups excluding carboxylic acids is 2. The standard InChI is InChI=1S/C11H10N2O2/c1-8(15)13-5-4-9-2-3-10(12-7-14)6-11(9)13/h2-3,6H,4-5H2,1H3. The van der Waals surface area contributed by atoms with Gasteiger partial charge in [-0.1, -0.05) is 6.07 Å². The number of isocyanates is 1. The zero-order valence-electron chi connectivity index (χ0n) is 8.36. The van der Waals surface area contributed by atoms with Crippen LogP contribution in [0.4, 0.5) is 11.4 Å². The summed E-state index contributed by atoms with van der Waals surface area (Å²) in [7, 11) is 0. The number of aliphatic imine (C=N–C) groups is 1. The molecule has 0 N–H and O–H groups in total. The van der Waals surface area contributed by atoms with E-state index in [0.29, 0.717) is 12.2 Å². The Morgan fingerprint density at radius 2 is 2.33 bits per heavy atom. The minimum atomic E-state index is 0.0148. The number of fused-ring (bicyclic) bond motifs is 1. The summed E-state index contributed by atoms with van der Waals surface area (Å²) in [5, 5.41) is 0. The van der Waals surface area contributed by atoms with E-state index in [1.165, 1.54) is 13.0 Å². The first-order valence-corrected chi connectivity index (χ1v) is 4.71. The summed E-state index contributed by atoms with van der Waals surface area (Å²) >= 11 is 0.